The molecule has 1 aliphatic heterocycles. The van der Waals surface area contributed by atoms with Crippen LogP contribution in [0.2, 0.25) is 0 Å². The van der Waals surface area contributed by atoms with Crippen molar-refractivity contribution < 1.29 is 23.1 Å². The number of ether oxygens (including phenoxy) is 1. The molecule has 0 aromatic rings. The molecule has 5 nitrogen and oxygen atoms in total. The van der Waals surface area contributed by atoms with E-state index < -0.39 is 23.5 Å². The number of hydrogen-bond donors (Lipinski definition) is 1. The Morgan fingerprint density at radius 1 is 1.38 bits per heavy atom. The van der Waals surface area contributed by atoms with Gasteiger partial charge in [0.05, 0.1) is 12.5 Å². The molecule has 0 aromatic carbocycles. The van der Waals surface area contributed by atoms with Gasteiger partial charge in [-0.15, -0.1) is 0 Å². The normalized spacial score (nSPS) is 31.4. The van der Waals surface area contributed by atoms with Gasteiger partial charge in [-0.05, 0) is 19.3 Å². The fourth-order valence-corrected chi connectivity index (χ4v) is 3.17. The Bertz CT molecular complexity index is 456. The second-order valence-electron chi connectivity index (χ2n) is 6.54. The van der Waals surface area contributed by atoms with Crippen LogP contribution in [0.1, 0.15) is 33.6 Å². The zero-order chi connectivity index (χ0) is 16.0. The van der Waals surface area contributed by atoms with Crippen molar-refractivity contribution in [2.75, 3.05) is 13.7 Å². The maximum absolute atomic E-state index is 13.5. The summed E-state index contributed by atoms with van der Waals surface area (Å²) in [5.74, 6) is -3.14. The molecule has 120 valence electrons. The largest absolute Gasteiger partial charge is 0.453 e. The number of carbonyl (C=O) groups excluding carboxylic acids is 2. The fourth-order valence-electron chi connectivity index (χ4n) is 3.17. The monoisotopic (exact) mass is 304 g/mol. The molecule has 3 atom stereocenters. The second-order valence-corrected chi connectivity index (χ2v) is 6.54. The van der Waals surface area contributed by atoms with E-state index in [1.165, 1.54) is 12.0 Å². The van der Waals surface area contributed by atoms with Crippen LogP contribution >= 0.6 is 0 Å². The quantitative estimate of drug-likeness (QED) is 0.868. The molecule has 0 aromatic heterocycles. The van der Waals surface area contributed by atoms with Crippen LogP contribution < -0.4 is 5.32 Å². The molecule has 0 bridgehead atoms. The van der Waals surface area contributed by atoms with Crippen LogP contribution in [0.15, 0.2) is 0 Å². The van der Waals surface area contributed by atoms with E-state index in [0.717, 1.165) is 0 Å². The van der Waals surface area contributed by atoms with Crippen molar-refractivity contribution in [2.45, 2.75) is 51.6 Å². The lowest BCUT2D eigenvalue weighted by atomic mass is 10.0. The molecule has 2 rings (SSSR count). The van der Waals surface area contributed by atoms with E-state index in [0.29, 0.717) is 6.42 Å². The standard InChI is InChI=1S/C14H22F2N2O3/c1-8(2)10(17-12(20)21-4)11(19)18-7-13(5-9(18)3)6-14(13,15)16/h8-10H,5-7H2,1-4H3,(H,17,20)/t9-,10+,13+/m1/s1. The third-order valence-corrected chi connectivity index (χ3v) is 4.58. The molecule has 1 spiro atoms. The summed E-state index contributed by atoms with van der Waals surface area (Å²) in [7, 11) is 1.22. The van der Waals surface area contributed by atoms with Crippen LogP contribution in [-0.4, -0.2) is 48.6 Å². The first kappa shape index (κ1) is 16.0. The van der Waals surface area contributed by atoms with Crippen LogP contribution in [0.4, 0.5) is 13.6 Å². The zero-order valence-corrected chi connectivity index (χ0v) is 12.8. The van der Waals surface area contributed by atoms with Gasteiger partial charge in [-0.3, -0.25) is 4.79 Å². The molecular formula is C14H22F2N2O3. The molecule has 2 aliphatic rings. The Kier molecular flexibility index (Phi) is 3.88. The van der Waals surface area contributed by atoms with Gasteiger partial charge in [0.1, 0.15) is 6.04 Å². The molecule has 0 unspecified atom stereocenters. The number of amides is 2. The Labute approximate surface area is 123 Å². The Balaban J connectivity index is 2.09. The third-order valence-electron chi connectivity index (χ3n) is 4.58. The first-order chi connectivity index (χ1) is 9.63. The number of alkyl carbamates (subject to hydrolysis) is 1. The number of nitrogens with one attached hydrogen (secondary N) is 1. The summed E-state index contributed by atoms with van der Waals surface area (Å²) >= 11 is 0. The molecule has 0 radical (unpaired) electrons. The predicted molar refractivity (Wildman–Crippen MR) is 72.0 cm³/mol. The first-order valence-corrected chi connectivity index (χ1v) is 7.16. The minimum absolute atomic E-state index is 0.0616. The van der Waals surface area contributed by atoms with Crippen LogP contribution in [0.3, 0.4) is 0 Å². The minimum Gasteiger partial charge on any atom is -0.453 e. The highest BCUT2D eigenvalue weighted by atomic mass is 19.3. The molecule has 1 saturated heterocycles. The molecule has 1 N–H and O–H groups in total. The molecule has 2 fully saturated rings. The molecule has 21 heavy (non-hydrogen) atoms. The lowest BCUT2D eigenvalue weighted by Gasteiger charge is -2.29. The average molecular weight is 304 g/mol. The maximum atomic E-state index is 13.5. The van der Waals surface area contributed by atoms with Crippen LogP contribution in [0, 0.1) is 11.3 Å². The number of nitrogens with zero attached hydrogens (tertiary/aromatic N) is 1. The Hall–Kier alpha value is -1.40. The van der Waals surface area contributed by atoms with Crippen molar-refractivity contribution in [1.82, 2.24) is 10.2 Å². The number of hydrogen-bond acceptors (Lipinski definition) is 3. The summed E-state index contributed by atoms with van der Waals surface area (Å²) < 4.78 is 31.5. The van der Waals surface area contributed by atoms with Gasteiger partial charge in [0, 0.05) is 19.0 Å². The molecule has 1 saturated carbocycles. The zero-order valence-electron chi connectivity index (χ0n) is 12.8. The van der Waals surface area contributed by atoms with E-state index in [4.69, 9.17) is 0 Å². The summed E-state index contributed by atoms with van der Waals surface area (Å²) in [6, 6.07) is -1.01. The number of carbonyl (C=O) groups is 2. The van der Waals surface area contributed by atoms with E-state index in [1.54, 1.807) is 20.8 Å². The maximum Gasteiger partial charge on any atom is 0.407 e. The van der Waals surface area contributed by atoms with Crippen LogP contribution in [0.25, 0.3) is 0 Å². The predicted octanol–water partition coefficient (Wildman–Crippen LogP) is 2.01. The molecule has 1 heterocycles. The van der Waals surface area contributed by atoms with Gasteiger partial charge in [-0.2, -0.15) is 0 Å². The smallest absolute Gasteiger partial charge is 0.407 e. The highest BCUT2D eigenvalue weighted by Gasteiger charge is 2.74. The second kappa shape index (κ2) is 5.10. The summed E-state index contributed by atoms with van der Waals surface area (Å²) in [4.78, 5) is 25.4. The summed E-state index contributed by atoms with van der Waals surface area (Å²) in [6.07, 6.45) is -0.528. The number of rotatable bonds is 3. The van der Waals surface area contributed by atoms with Crippen molar-refractivity contribution in [1.29, 1.82) is 0 Å². The van der Waals surface area contributed by atoms with Crippen molar-refractivity contribution in [3.63, 3.8) is 0 Å². The van der Waals surface area contributed by atoms with Gasteiger partial charge in [-0.25, -0.2) is 13.6 Å². The molecular weight excluding hydrogens is 282 g/mol. The van der Waals surface area contributed by atoms with Gasteiger partial charge >= 0.3 is 6.09 Å². The van der Waals surface area contributed by atoms with E-state index in [-0.39, 0.29) is 30.8 Å². The van der Waals surface area contributed by atoms with Gasteiger partial charge in [0.15, 0.2) is 0 Å². The molecule has 2 amide bonds. The Morgan fingerprint density at radius 3 is 2.33 bits per heavy atom. The fraction of sp³-hybridized carbons (Fsp3) is 0.857. The average Bonchev–Trinajstić information content (AvgIpc) is 2.74. The highest BCUT2D eigenvalue weighted by molar-refractivity contribution is 5.86. The summed E-state index contributed by atoms with van der Waals surface area (Å²) in [5.41, 5.74) is -1.05. The van der Waals surface area contributed by atoms with E-state index >= 15 is 0 Å². The minimum atomic E-state index is -2.67. The number of halogens is 2. The summed E-state index contributed by atoms with van der Waals surface area (Å²) in [5, 5.41) is 2.49. The lowest BCUT2D eigenvalue weighted by molar-refractivity contribution is -0.135. The Morgan fingerprint density at radius 2 is 1.95 bits per heavy atom. The van der Waals surface area contributed by atoms with E-state index in [2.05, 4.69) is 10.1 Å². The SMILES string of the molecule is COC(=O)N[C@H](C(=O)N1C[C@]2(C[C@H]1C)CC2(F)F)C(C)C. The topological polar surface area (TPSA) is 58.6 Å². The molecule has 7 heteroatoms. The summed E-state index contributed by atoms with van der Waals surface area (Å²) in [6.45, 7) is 5.42. The number of likely N-dealkylation sites (tertiary alicyclic amines) is 1. The van der Waals surface area contributed by atoms with E-state index in [1.807, 2.05) is 0 Å². The van der Waals surface area contributed by atoms with Gasteiger partial charge in [0.25, 0.3) is 5.92 Å². The third kappa shape index (κ3) is 2.70. The van der Waals surface area contributed by atoms with E-state index in [9.17, 15) is 18.4 Å². The first-order valence-electron chi connectivity index (χ1n) is 7.16. The van der Waals surface area contributed by atoms with Crippen molar-refractivity contribution in [3.8, 4) is 0 Å². The highest BCUT2D eigenvalue weighted by Crippen LogP contribution is 2.66. The van der Waals surface area contributed by atoms with Gasteiger partial charge in [0.2, 0.25) is 5.91 Å². The van der Waals surface area contributed by atoms with Crippen LogP contribution in [-0.2, 0) is 9.53 Å². The van der Waals surface area contributed by atoms with Crippen molar-refractivity contribution in [2.24, 2.45) is 11.3 Å². The molecule has 1 aliphatic carbocycles. The lowest BCUT2D eigenvalue weighted by Crippen LogP contribution is -2.52. The number of methoxy groups -OCH3 is 1. The number of alkyl halides is 2. The van der Waals surface area contributed by atoms with Crippen LogP contribution in [0.5, 0.6) is 0 Å². The van der Waals surface area contributed by atoms with Crippen molar-refractivity contribution >= 4 is 12.0 Å². The van der Waals surface area contributed by atoms with Gasteiger partial charge < -0.3 is 15.0 Å². The van der Waals surface area contributed by atoms with Gasteiger partial charge in [-0.1, -0.05) is 13.8 Å². The van der Waals surface area contributed by atoms with Crippen molar-refractivity contribution in [3.05, 3.63) is 0 Å².